The molecule has 0 saturated carbocycles. The number of fused-ring (bicyclic) bond motifs is 1. The molecule has 1 aliphatic rings. The highest BCUT2D eigenvalue weighted by atomic mass is 127. The van der Waals surface area contributed by atoms with E-state index in [-0.39, 0.29) is 24.0 Å². The Balaban J connectivity index is 0.00000312. The summed E-state index contributed by atoms with van der Waals surface area (Å²) < 4.78 is 5.56. The van der Waals surface area contributed by atoms with Gasteiger partial charge in [-0.15, -0.1) is 24.0 Å². The highest BCUT2D eigenvalue weighted by Crippen LogP contribution is 2.25. The first kappa shape index (κ1) is 22.0. The molecule has 0 radical (unpaired) electrons. The summed E-state index contributed by atoms with van der Waals surface area (Å²) in [7, 11) is 1.82. The Morgan fingerprint density at radius 2 is 2.04 bits per heavy atom. The SMILES string of the molecule is CCN(CC)C(C)CNC(=NC)NCCc1ccc2c(c1)CCO2.I. The second-order valence-corrected chi connectivity index (χ2v) is 6.24. The molecular weight excluding hydrogens is 427 g/mol. The van der Waals surface area contributed by atoms with Crippen LogP contribution in [-0.2, 0) is 12.8 Å². The van der Waals surface area contributed by atoms with E-state index >= 15 is 0 Å². The van der Waals surface area contributed by atoms with E-state index in [0.29, 0.717) is 6.04 Å². The molecular formula is C19H33IN4O. The molecule has 1 aromatic carbocycles. The maximum Gasteiger partial charge on any atom is 0.191 e. The number of likely N-dealkylation sites (N-methyl/N-ethyl adjacent to an activating group) is 1. The Morgan fingerprint density at radius 3 is 2.72 bits per heavy atom. The van der Waals surface area contributed by atoms with Gasteiger partial charge in [0.1, 0.15) is 5.75 Å². The van der Waals surface area contributed by atoms with Gasteiger partial charge in [-0.05, 0) is 43.6 Å². The molecule has 1 aliphatic heterocycles. The lowest BCUT2D eigenvalue weighted by Gasteiger charge is -2.27. The van der Waals surface area contributed by atoms with Crippen LogP contribution in [0.1, 0.15) is 31.9 Å². The maximum atomic E-state index is 5.56. The van der Waals surface area contributed by atoms with Gasteiger partial charge in [-0.1, -0.05) is 26.0 Å². The van der Waals surface area contributed by atoms with Crippen molar-refractivity contribution in [2.75, 3.05) is 39.8 Å². The Labute approximate surface area is 169 Å². The van der Waals surface area contributed by atoms with E-state index in [1.807, 2.05) is 7.05 Å². The largest absolute Gasteiger partial charge is 0.493 e. The molecule has 1 atom stereocenters. The zero-order chi connectivity index (χ0) is 17.4. The average Bonchev–Trinajstić information content (AvgIpc) is 3.06. The number of ether oxygens (including phenoxy) is 1. The molecule has 0 fully saturated rings. The van der Waals surface area contributed by atoms with Gasteiger partial charge in [-0.3, -0.25) is 9.89 Å². The Kier molecular flexibility index (Phi) is 10.2. The van der Waals surface area contributed by atoms with Gasteiger partial charge in [0.05, 0.1) is 6.61 Å². The van der Waals surface area contributed by atoms with Crippen molar-refractivity contribution in [2.24, 2.45) is 4.99 Å². The van der Waals surface area contributed by atoms with Crippen molar-refractivity contribution in [1.82, 2.24) is 15.5 Å². The fourth-order valence-electron chi connectivity index (χ4n) is 3.16. The molecule has 2 rings (SSSR count). The second kappa shape index (κ2) is 11.6. The minimum Gasteiger partial charge on any atom is -0.493 e. The lowest BCUT2D eigenvalue weighted by atomic mass is 10.1. The topological polar surface area (TPSA) is 48.9 Å². The van der Waals surface area contributed by atoms with Crippen molar-refractivity contribution in [3.05, 3.63) is 29.3 Å². The summed E-state index contributed by atoms with van der Waals surface area (Å²) in [5.74, 6) is 1.92. The van der Waals surface area contributed by atoms with Gasteiger partial charge in [0.2, 0.25) is 0 Å². The summed E-state index contributed by atoms with van der Waals surface area (Å²) in [6.45, 7) is 11.4. The highest BCUT2D eigenvalue weighted by Gasteiger charge is 2.12. The molecule has 1 aromatic rings. The number of hydrogen-bond donors (Lipinski definition) is 2. The van der Waals surface area contributed by atoms with Crippen molar-refractivity contribution < 1.29 is 4.74 Å². The smallest absolute Gasteiger partial charge is 0.191 e. The fraction of sp³-hybridized carbons (Fsp3) is 0.632. The minimum absolute atomic E-state index is 0. The molecule has 0 aromatic heterocycles. The van der Waals surface area contributed by atoms with E-state index in [0.717, 1.165) is 57.3 Å². The van der Waals surface area contributed by atoms with Crippen LogP contribution in [0.25, 0.3) is 0 Å². The lowest BCUT2D eigenvalue weighted by molar-refractivity contribution is 0.231. The summed E-state index contributed by atoms with van der Waals surface area (Å²) in [6.07, 6.45) is 2.02. The molecule has 1 unspecified atom stereocenters. The fourth-order valence-corrected chi connectivity index (χ4v) is 3.16. The summed E-state index contributed by atoms with van der Waals surface area (Å²) in [5, 5.41) is 6.83. The lowest BCUT2D eigenvalue weighted by Crippen LogP contribution is -2.46. The number of aliphatic imine (C=N–C) groups is 1. The van der Waals surface area contributed by atoms with Crippen molar-refractivity contribution in [2.45, 2.75) is 39.7 Å². The molecule has 25 heavy (non-hydrogen) atoms. The molecule has 0 bridgehead atoms. The van der Waals surface area contributed by atoms with Crippen LogP contribution in [0, 0.1) is 0 Å². The summed E-state index contributed by atoms with van der Waals surface area (Å²) in [6, 6.07) is 7.01. The zero-order valence-electron chi connectivity index (χ0n) is 16.0. The van der Waals surface area contributed by atoms with Crippen LogP contribution >= 0.6 is 24.0 Å². The van der Waals surface area contributed by atoms with E-state index < -0.39 is 0 Å². The van der Waals surface area contributed by atoms with Gasteiger partial charge < -0.3 is 15.4 Å². The van der Waals surface area contributed by atoms with Crippen LogP contribution < -0.4 is 15.4 Å². The minimum atomic E-state index is 0. The first-order valence-corrected chi connectivity index (χ1v) is 9.11. The van der Waals surface area contributed by atoms with Gasteiger partial charge in [0, 0.05) is 32.6 Å². The van der Waals surface area contributed by atoms with Gasteiger partial charge in [0.15, 0.2) is 5.96 Å². The molecule has 0 aliphatic carbocycles. The third kappa shape index (κ3) is 6.66. The Morgan fingerprint density at radius 1 is 1.28 bits per heavy atom. The highest BCUT2D eigenvalue weighted by molar-refractivity contribution is 14.0. The first-order chi connectivity index (χ1) is 11.7. The molecule has 6 heteroatoms. The van der Waals surface area contributed by atoms with Crippen molar-refractivity contribution in [3.63, 3.8) is 0 Å². The average molecular weight is 460 g/mol. The number of rotatable bonds is 8. The molecule has 1 heterocycles. The van der Waals surface area contributed by atoms with E-state index in [2.05, 4.69) is 59.5 Å². The number of benzene rings is 1. The molecule has 0 spiro atoms. The third-order valence-corrected chi connectivity index (χ3v) is 4.68. The molecule has 0 saturated heterocycles. The van der Waals surface area contributed by atoms with Crippen LogP contribution in [0.3, 0.4) is 0 Å². The van der Waals surface area contributed by atoms with Gasteiger partial charge in [-0.25, -0.2) is 0 Å². The number of halogens is 1. The van der Waals surface area contributed by atoms with Gasteiger partial charge in [0.25, 0.3) is 0 Å². The molecule has 5 nitrogen and oxygen atoms in total. The Bertz CT molecular complexity index is 546. The second-order valence-electron chi connectivity index (χ2n) is 6.24. The normalized spacial score (nSPS) is 14.5. The van der Waals surface area contributed by atoms with Crippen LogP contribution in [-0.4, -0.2) is 56.7 Å². The predicted molar refractivity (Wildman–Crippen MR) is 117 cm³/mol. The third-order valence-electron chi connectivity index (χ3n) is 4.68. The van der Waals surface area contributed by atoms with Gasteiger partial charge in [-0.2, -0.15) is 0 Å². The molecule has 0 amide bonds. The Hall–Kier alpha value is -1.02. The molecule has 2 N–H and O–H groups in total. The van der Waals surface area contributed by atoms with Crippen LogP contribution in [0.15, 0.2) is 23.2 Å². The van der Waals surface area contributed by atoms with Crippen LogP contribution in [0.5, 0.6) is 5.75 Å². The quantitative estimate of drug-likeness (QED) is 0.356. The van der Waals surface area contributed by atoms with Crippen molar-refractivity contribution in [1.29, 1.82) is 0 Å². The van der Waals surface area contributed by atoms with E-state index in [1.54, 1.807) is 0 Å². The number of nitrogens with one attached hydrogen (secondary N) is 2. The van der Waals surface area contributed by atoms with Crippen LogP contribution in [0.4, 0.5) is 0 Å². The maximum absolute atomic E-state index is 5.56. The summed E-state index contributed by atoms with van der Waals surface area (Å²) >= 11 is 0. The first-order valence-electron chi connectivity index (χ1n) is 9.11. The summed E-state index contributed by atoms with van der Waals surface area (Å²) in [5.41, 5.74) is 2.68. The number of hydrogen-bond acceptors (Lipinski definition) is 3. The van der Waals surface area contributed by atoms with Crippen LogP contribution in [0.2, 0.25) is 0 Å². The van der Waals surface area contributed by atoms with Crippen molar-refractivity contribution in [3.8, 4) is 5.75 Å². The summed E-state index contributed by atoms with van der Waals surface area (Å²) in [4.78, 5) is 6.75. The van der Waals surface area contributed by atoms with E-state index in [4.69, 9.17) is 4.74 Å². The number of nitrogens with zero attached hydrogens (tertiary/aromatic N) is 2. The predicted octanol–water partition coefficient (Wildman–Crippen LogP) is 2.68. The van der Waals surface area contributed by atoms with E-state index in [9.17, 15) is 0 Å². The van der Waals surface area contributed by atoms with Gasteiger partial charge >= 0.3 is 0 Å². The monoisotopic (exact) mass is 460 g/mol. The van der Waals surface area contributed by atoms with Crippen molar-refractivity contribution >= 4 is 29.9 Å². The standard InChI is InChI=1S/C19H32N4O.HI/c1-5-23(6-2)15(3)14-22-19(20-4)21-11-9-16-7-8-18-17(13-16)10-12-24-18;/h7-8,13,15H,5-6,9-12,14H2,1-4H3,(H2,20,21,22);1H. The zero-order valence-corrected chi connectivity index (χ0v) is 18.3. The molecule has 142 valence electrons. The number of guanidine groups is 1. The van der Waals surface area contributed by atoms with E-state index in [1.165, 1.54) is 11.1 Å².